The summed E-state index contributed by atoms with van der Waals surface area (Å²) < 4.78 is 5.63. The van der Waals surface area contributed by atoms with E-state index in [4.69, 9.17) is 4.42 Å². The normalized spacial score (nSPS) is 15.1. The molecule has 1 aliphatic carbocycles. The molecule has 0 bridgehead atoms. The number of nitrogens with one attached hydrogen (secondary N) is 1. The van der Waals surface area contributed by atoms with Crippen molar-refractivity contribution in [2.75, 3.05) is 0 Å². The molecule has 0 aliphatic heterocycles. The Labute approximate surface area is 144 Å². The molecule has 0 saturated heterocycles. The van der Waals surface area contributed by atoms with E-state index in [1.54, 1.807) is 12.1 Å². The predicted molar refractivity (Wildman–Crippen MR) is 92.6 cm³/mol. The van der Waals surface area contributed by atoms with Gasteiger partial charge in [-0.05, 0) is 30.2 Å². The number of aliphatic carboxylic acids is 1. The van der Waals surface area contributed by atoms with Crippen molar-refractivity contribution < 1.29 is 19.1 Å². The molecule has 0 radical (unpaired) electrons. The maximum Gasteiger partial charge on any atom is 0.330 e. The summed E-state index contributed by atoms with van der Waals surface area (Å²) in [5.41, 5.74) is 1.41. The van der Waals surface area contributed by atoms with Crippen molar-refractivity contribution in [2.45, 2.75) is 25.3 Å². The Kier molecular flexibility index (Phi) is 3.39. The topological polar surface area (TPSA) is 79.5 Å². The summed E-state index contributed by atoms with van der Waals surface area (Å²) >= 11 is 0. The molecule has 1 aromatic heterocycles. The lowest BCUT2D eigenvalue weighted by atomic mass is 9.95. The number of carboxylic acids is 1. The highest BCUT2D eigenvalue weighted by molar-refractivity contribution is 6.06. The van der Waals surface area contributed by atoms with Crippen LogP contribution in [-0.4, -0.2) is 22.5 Å². The number of para-hydroxylation sites is 1. The van der Waals surface area contributed by atoms with E-state index in [0.29, 0.717) is 16.9 Å². The van der Waals surface area contributed by atoms with Gasteiger partial charge in [-0.2, -0.15) is 0 Å². The second-order valence-corrected chi connectivity index (χ2v) is 6.54. The minimum atomic E-state index is -1.33. The second kappa shape index (κ2) is 5.48. The van der Waals surface area contributed by atoms with Gasteiger partial charge in [-0.3, -0.25) is 4.79 Å². The molecular weight excluding hydrogens is 318 g/mol. The fraction of sp³-hybridized carbons (Fsp3) is 0.200. The van der Waals surface area contributed by atoms with Crippen molar-refractivity contribution in [3.8, 4) is 0 Å². The van der Waals surface area contributed by atoms with E-state index in [2.05, 4.69) is 5.32 Å². The Bertz CT molecular complexity index is 977. The Morgan fingerprint density at radius 1 is 1.08 bits per heavy atom. The van der Waals surface area contributed by atoms with Crippen molar-refractivity contribution >= 4 is 22.8 Å². The summed E-state index contributed by atoms with van der Waals surface area (Å²) in [5, 5.41) is 13.4. The third-order valence-electron chi connectivity index (χ3n) is 4.78. The molecule has 0 atom stereocenters. The number of amides is 1. The van der Waals surface area contributed by atoms with Gasteiger partial charge >= 0.3 is 5.97 Å². The van der Waals surface area contributed by atoms with Crippen molar-refractivity contribution in [1.29, 1.82) is 0 Å². The molecule has 25 heavy (non-hydrogen) atoms. The Morgan fingerprint density at radius 2 is 1.76 bits per heavy atom. The lowest BCUT2D eigenvalue weighted by Gasteiger charge is -2.25. The summed E-state index contributed by atoms with van der Waals surface area (Å²) in [6.45, 7) is 1.81. The van der Waals surface area contributed by atoms with Gasteiger partial charge in [0.05, 0.1) is 5.56 Å². The first-order valence-electron chi connectivity index (χ1n) is 8.10. The van der Waals surface area contributed by atoms with Crippen molar-refractivity contribution in [2.24, 2.45) is 0 Å². The molecule has 2 aromatic carbocycles. The maximum absolute atomic E-state index is 12.9. The van der Waals surface area contributed by atoms with Crippen LogP contribution in [0.3, 0.4) is 0 Å². The summed E-state index contributed by atoms with van der Waals surface area (Å²) in [6, 6.07) is 14.7. The van der Waals surface area contributed by atoms with Gasteiger partial charge in [0.15, 0.2) is 0 Å². The van der Waals surface area contributed by atoms with Crippen LogP contribution in [0.25, 0.3) is 11.0 Å². The lowest BCUT2D eigenvalue weighted by molar-refractivity contribution is -0.144. The molecule has 1 heterocycles. The molecule has 3 aromatic rings. The third-order valence-corrected chi connectivity index (χ3v) is 4.78. The average molecular weight is 335 g/mol. The van der Waals surface area contributed by atoms with Crippen molar-refractivity contribution in [3.63, 3.8) is 0 Å². The molecule has 0 saturated carbocycles. The van der Waals surface area contributed by atoms with Crippen LogP contribution in [0.4, 0.5) is 0 Å². The van der Waals surface area contributed by atoms with E-state index in [9.17, 15) is 14.7 Å². The number of furan rings is 1. The molecule has 126 valence electrons. The van der Waals surface area contributed by atoms with Crippen LogP contribution in [0, 0.1) is 6.92 Å². The van der Waals surface area contributed by atoms with Crippen LogP contribution in [0.2, 0.25) is 0 Å². The summed E-state index contributed by atoms with van der Waals surface area (Å²) in [5.74, 6) is -0.758. The van der Waals surface area contributed by atoms with Crippen LogP contribution >= 0.6 is 0 Å². The van der Waals surface area contributed by atoms with Crippen molar-refractivity contribution in [3.05, 3.63) is 71.0 Å². The van der Waals surface area contributed by atoms with E-state index in [1.165, 1.54) is 0 Å². The molecule has 0 spiro atoms. The van der Waals surface area contributed by atoms with Crippen LogP contribution < -0.4 is 5.32 Å². The molecular formula is C20H17NO4. The fourth-order valence-electron chi connectivity index (χ4n) is 3.56. The van der Waals surface area contributed by atoms with E-state index >= 15 is 0 Å². The molecule has 1 amide bonds. The van der Waals surface area contributed by atoms with Gasteiger partial charge in [0, 0.05) is 18.2 Å². The van der Waals surface area contributed by atoms with Crippen LogP contribution in [0.5, 0.6) is 0 Å². The Morgan fingerprint density at radius 3 is 2.40 bits per heavy atom. The van der Waals surface area contributed by atoms with Gasteiger partial charge in [0.25, 0.3) is 5.91 Å². The van der Waals surface area contributed by atoms with Gasteiger partial charge in [-0.25, -0.2) is 4.79 Å². The molecule has 0 unspecified atom stereocenters. The zero-order valence-electron chi connectivity index (χ0n) is 13.7. The highest BCUT2D eigenvalue weighted by Gasteiger charge is 2.45. The lowest BCUT2D eigenvalue weighted by Crippen LogP contribution is -2.55. The summed E-state index contributed by atoms with van der Waals surface area (Å²) in [4.78, 5) is 24.8. The molecule has 1 aliphatic rings. The SMILES string of the molecule is Cc1cc2cccc(C(=O)NC3(C(=O)O)Cc4ccccc4C3)c2o1. The van der Waals surface area contributed by atoms with Gasteiger partial charge < -0.3 is 14.8 Å². The monoisotopic (exact) mass is 335 g/mol. The van der Waals surface area contributed by atoms with Crippen LogP contribution in [0.15, 0.2) is 52.9 Å². The molecule has 5 heteroatoms. The van der Waals surface area contributed by atoms with Crippen molar-refractivity contribution in [1.82, 2.24) is 5.32 Å². The predicted octanol–water partition coefficient (Wildman–Crippen LogP) is 3.09. The first kappa shape index (κ1) is 15.4. The number of carbonyl (C=O) groups is 2. The number of rotatable bonds is 3. The summed E-state index contributed by atoms with van der Waals surface area (Å²) in [6.07, 6.45) is 0.550. The van der Waals surface area contributed by atoms with Gasteiger partial charge in [0.1, 0.15) is 16.9 Å². The zero-order valence-corrected chi connectivity index (χ0v) is 13.7. The quantitative estimate of drug-likeness (QED) is 0.771. The Balaban J connectivity index is 1.70. The van der Waals surface area contributed by atoms with Gasteiger partial charge in [-0.1, -0.05) is 36.4 Å². The number of hydrogen-bond donors (Lipinski definition) is 2. The molecule has 0 fully saturated rings. The first-order valence-corrected chi connectivity index (χ1v) is 8.10. The van der Waals surface area contributed by atoms with Crippen LogP contribution in [0.1, 0.15) is 27.2 Å². The number of hydrogen-bond acceptors (Lipinski definition) is 3. The standard InChI is InChI=1S/C20H17NO4/c1-12-9-13-7-4-8-16(17(13)25-12)18(22)21-20(19(23)24)10-14-5-2-3-6-15(14)11-20/h2-9H,10-11H2,1H3,(H,21,22)(H,23,24). The number of fused-ring (bicyclic) bond motifs is 2. The smallest absolute Gasteiger partial charge is 0.330 e. The number of carboxylic acid groups (broad SMARTS) is 1. The Hall–Kier alpha value is -3.08. The van der Waals surface area contributed by atoms with Crippen LogP contribution in [-0.2, 0) is 17.6 Å². The second-order valence-electron chi connectivity index (χ2n) is 6.54. The minimum Gasteiger partial charge on any atom is -0.479 e. The van der Waals surface area contributed by atoms with E-state index in [1.807, 2.05) is 43.3 Å². The number of benzene rings is 2. The van der Waals surface area contributed by atoms with Gasteiger partial charge in [-0.15, -0.1) is 0 Å². The average Bonchev–Trinajstić information content (AvgIpc) is 3.13. The van der Waals surface area contributed by atoms with E-state index < -0.39 is 17.4 Å². The molecule has 2 N–H and O–H groups in total. The number of aryl methyl sites for hydroxylation is 1. The minimum absolute atomic E-state index is 0.275. The van der Waals surface area contributed by atoms with E-state index in [0.717, 1.165) is 16.5 Å². The number of carbonyl (C=O) groups excluding carboxylic acids is 1. The van der Waals surface area contributed by atoms with E-state index in [-0.39, 0.29) is 12.8 Å². The maximum atomic E-state index is 12.9. The third kappa shape index (κ3) is 2.48. The first-order chi connectivity index (χ1) is 12.0. The zero-order chi connectivity index (χ0) is 17.6. The summed E-state index contributed by atoms with van der Waals surface area (Å²) in [7, 11) is 0. The fourth-order valence-corrected chi connectivity index (χ4v) is 3.56. The molecule has 4 rings (SSSR count). The highest BCUT2D eigenvalue weighted by Crippen LogP contribution is 2.31. The van der Waals surface area contributed by atoms with Gasteiger partial charge in [0.2, 0.25) is 0 Å². The highest BCUT2D eigenvalue weighted by atomic mass is 16.4. The largest absolute Gasteiger partial charge is 0.479 e. The molecule has 5 nitrogen and oxygen atoms in total.